The van der Waals surface area contributed by atoms with Crippen LogP contribution in [0, 0.1) is 5.92 Å². The largest absolute Gasteiger partial charge is 0.494 e. The first-order valence-corrected chi connectivity index (χ1v) is 13.2. The molecule has 1 fully saturated rings. The summed E-state index contributed by atoms with van der Waals surface area (Å²) in [6.07, 6.45) is 2.48. The van der Waals surface area contributed by atoms with Crippen molar-refractivity contribution in [2.75, 3.05) is 6.61 Å². The molecule has 1 aliphatic carbocycles. The van der Waals surface area contributed by atoms with Gasteiger partial charge in [0.15, 0.2) is 0 Å². The van der Waals surface area contributed by atoms with Gasteiger partial charge in [-0.2, -0.15) is 0 Å². The van der Waals surface area contributed by atoms with Crippen LogP contribution in [-0.4, -0.2) is 30.2 Å². The van der Waals surface area contributed by atoms with Crippen LogP contribution in [0.5, 0.6) is 5.75 Å². The normalized spacial score (nSPS) is 22.5. The second-order valence-corrected chi connectivity index (χ2v) is 10.2. The number of halogens is 1. The molecule has 0 N–H and O–H groups in total. The van der Waals surface area contributed by atoms with Gasteiger partial charge in [-0.15, -0.1) is 0 Å². The molecule has 0 aromatic heterocycles. The number of hydrogen-bond donors (Lipinski definition) is 0. The average Bonchev–Trinajstić information content (AvgIpc) is 2.87. The Bertz CT molecular complexity index is 1170. The van der Waals surface area contributed by atoms with Crippen LogP contribution in [0.2, 0.25) is 5.02 Å². The van der Waals surface area contributed by atoms with Crippen LogP contribution in [0.25, 0.3) is 0 Å². The number of Topliss-reactive ketones (excluding diaryl/α,β-unsaturated/α-hetero) is 1. The van der Waals surface area contributed by atoms with Crippen molar-refractivity contribution in [2.24, 2.45) is 10.9 Å². The highest BCUT2D eigenvalue weighted by Crippen LogP contribution is 2.46. The highest BCUT2D eigenvalue weighted by atomic mass is 35.5. The molecule has 4 rings (SSSR count). The topological polar surface area (TPSA) is 65.0 Å². The van der Waals surface area contributed by atoms with Crippen LogP contribution in [0.15, 0.2) is 64.8 Å². The van der Waals surface area contributed by atoms with Crippen LogP contribution in [0.1, 0.15) is 76.3 Å². The first-order chi connectivity index (χ1) is 17.3. The van der Waals surface area contributed by atoms with Crippen LogP contribution in [-0.2, 0) is 14.3 Å². The SMILES string of the molecule is CCCOc1ccc([C@@H]2C(C(=O)O[C@@H](C)CC)=C(C)N=C3C[C@@H](c4ccc(Cl)cc4)CC(=O)C32)cc1. The summed E-state index contributed by atoms with van der Waals surface area (Å²) in [5, 5.41) is 0.670. The van der Waals surface area contributed by atoms with Gasteiger partial charge in [-0.1, -0.05) is 49.7 Å². The number of aliphatic imine (C=N–C) groups is 1. The first kappa shape index (κ1) is 26.2. The number of rotatable bonds is 8. The summed E-state index contributed by atoms with van der Waals surface area (Å²) < 4.78 is 11.5. The summed E-state index contributed by atoms with van der Waals surface area (Å²) in [5.41, 5.74) is 3.90. The highest BCUT2D eigenvalue weighted by Gasteiger charge is 2.46. The lowest BCUT2D eigenvalue weighted by atomic mass is 9.66. The van der Waals surface area contributed by atoms with E-state index in [4.69, 9.17) is 26.1 Å². The van der Waals surface area contributed by atoms with Crippen molar-refractivity contribution in [3.63, 3.8) is 0 Å². The molecule has 1 saturated carbocycles. The number of carbonyl (C=O) groups is 2. The Labute approximate surface area is 218 Å². The molecule has 36 heavy (non-hydrogen) atoms. The summed E-state index contributed by atoms with van der Waals surface area (Å²) in [4.78, 5) is 31.9. The predicted octanol–water partition coefficient (Wildman–Crippen LogP) is 7.05. The molecule has 2 aromatic carbocycles. The minimum atomic E-state index is -0.487. The Kier molecular flexibility index (Phi) is 8.30. The standard InChI is InChI=1S/C30H34ClNO4/c1-5-15-35-24-13-9-21(10-14-24)28-27(30(34)36-18(3)6-2)19(4)32-25-16-22(17-26(33)29(25)28)20-7-11-23(31)12-8-20/h7-14,18,22,28-29H,5-6,15-17H2,1-4H3/t18-,22+,28+,29?/m0/s1. The lowest BCUT2D eigenvalue weighted by Crippen LogP contribution is -2.41. The zero-order valence-electron chi connectivity index (χ0n) is 21.4. The Hall–Kier alpha value is -2.92. The molecule has 2 aromatic rings. The van der Waals surface area contributed by atoms with Gasteiger partial charge in [0.25, 0.3) is 0 Å². The summed E-state index contributed by atoms with van der Waals surface area (Å²) in [7, 11) is 0. The summed E-state index contributed by atoms with van der Waals surface area (Å²) in [5.74, 6) is -0.414. The lowest BCUT2D eigenvalue weighted by Gasteiger charge is -2.38. The van der Waals surface area contributed by atoms with Crippen molar-refractivity contribution < 1.29 is 19.1 Å². The number of allylic oxidation sites excluding steroid dienone is 1. The Morgan fingerprint density at radius 1 is 1.03 bits per heavy atom. The lowest BCUT2D eigenvalue weighted by molar-refractivity contribution is -0.144. The zero-order chi connectivity index (χ0) is 25.8. The number of ether oxygens (including phenoxy) is 2. The second kappa shape index (κ2) is 11.4. The van der Waals surface area contributed by atoms with Gasteiger partial charge in [-0.05, 0) is 74.4 Å². The van der Waals surface area contributed by atoms with Gasteiger partial charge < -0.3 is 9.47 Å². The van der Waals surface area contributed by atoms with Crippen molar-refractivity contribution in [1.82, 2.24) is 0 Å². The first-order valence-electron chi connectivity index (χ1n) is 12.8. The van der Waals surface area contributed by atoms with E-state index in [9.17, 15) is 9.59 Å². The van der Waals surface area contributed by atoms with Crippen LogP contribution in [0.3, 0.4) is 0 Å². The molecule has 0 bridgehead atoms. The molecular weight excluding hydrogens is 474 g/mol. The Morgan fingerprint density at radius 3 is 2.33 bits per heavy atom. The minimum Gasteiger partial charge on any atom is -0.494 e. The quantitative estimate of drug-likeness (QED) is 0.359. The van der Waals surface area contributed by atoms with E-state index in [-0.39, 0.29) is 17.8 Å². The summed E-state index contributed by atoms with van der Waals surface area (Å²) >= 11 is 6.08. The third kappa shape index (κ3) is 5.57. The zero-order valence-corrected chi connectivity index (χ0v) is 22.2. The fourth-order valence-corrected chi connectivity index (χ4v) is 5.22. The van der Waals surface area contributed by atoms with Crippen molar-refractivity contribution in [3.05, 3.63) is 76.0 Å². The van der Waals surface area contributed by atoms with Crippen molar-refractivity contribution >= 4 is 29.1 Å². The average molecular weight is 508 g/mol. The number of carbonyl (C=O) groups excluding carboxylic acids is 2. The maximum absolute atomic E-state index is 13.7. The summed E-state index contributed by atoms with van der Waals surface area (Å²) in [6, 6.07) is 15.4. The fraction of sp³-hybridized carbons (Fsp3) is 0.433. The fourth-order valence-electron chi connectivity index (χ4n) is 5.09. The Balaban J connectivity index is 1.73. The molecule has 190 valence electrons. The van der Waals surface area contributed by atoms with E-state index in [0.717, 1.165) is 29.0 Å². The van der Waals surface area contributed by atoms with E-state index in [1.54, 1.807) is 0 Å². The minimum absolute atomic E-state index is 0.0386. The molecule has 0 amide bonds. The van der Waals surface area contributed by atoms with E-state index in [0.29, 0.717) is 42.2 Å². The number of benzene rings is 2. The number of esters is 1. The van der Waals surface area contributed by atoms with E-state index in [1.807, 2.05) is 69.3 Å². The van der Waals surface area contributed by atoms with Crippen molar-refractivity contribution in [2.45, 2.75) is 71.3 Å². The van der Waals surface area contributed by atoms with Crippen molar-refractivity contribution in [3.8, 4) is 5.75 Å². The van der Waals surface area contributed by atoms with Crippen LogP contribution >= 0.6 is 11.6 Å². The van der Waals surface area contributed by atoms with Gasteiger partial charge in [-0.25, -0.2) is 4.79 Å². The van der Waals surface area contributed by atoms with Gasteiger partial charge >= 0.3 is 5.97 Å². The molecule has 0 spiro atoms. The molecule has 6 heteroatoms. The van der Waals surface area contributed by atoms with Gasteiger partial charge in [0, 0.05) is 28.8 Å². The molecule has 1 aliphatic heterocycles. The maximum Gasteiger partial charge on any atom is 0.336 e. The van der Waals surface area contributed by atoms with Gasteiger partial charge in [0.05, 0.1) is 24.2 Å². The molecule has 0 radical (unpaired) electrons. The summed E-state index contributed by atoms with van der Waals surface area (Å²) in [6.45, 7) is 8.40. The molecule has 5 nitrogen and oxygen atoms in total. The maximum atomic E-state index is 13.7. The highest BCUT2D eigenvalue weighted by molar-refractivity contribution is 6.30. The van der Waals surface area contributed by atoms with Gasteiger partial charge in [-0.3, -0.25) is 9.79 Å². The van der Waals surface area contributed by atoms with Gasteiger partial charge in [0.2, 0.25) is 0 Å². The van der Waals surface area contributed by atoms with Crippen LogP contribution in [0.4, 0.5) is 0 Å². The number of fused-ring (bicyclic) bond motifs is 1. The molecular formula is C30H34ClNO4. The van der Waals surface area contributed by atoms with E-state index >= 15 is 0 Å². The van der Waals surface area contributed by atoms with Crippen molar-refractivity contribution in [1.29, 1.82) is 0 Å². The molecule has 1 heterocycles. The molecule has 4 atom stereocenters. The predicted molar refractivity (Wildman–Crippen MR) is 143 cm³/mol. The van der Waals surface area contributed by atoms with E-state index < -0.39 is 17.8 Å². The third-order valence-electron chi connectivity index (χ3n) is 7.11. The number of ketones is 1. The Morgan fingerprint density at radius 2 is 1.69 bits per heavy atom. The number of hydrogen-bond acceptors (Lipinski definition) is 5. The number of nitrogens with zero attached hydrogens (tertiary/aromatic N) is 1. The monoisotopic (exact) mass is 507 g/mol. The van der Waals surface area contributed by atoms with Crippen LogP contribution < -0.4 is 4.74 Å². The second-order valence-electron chi connectivity index (χ2n) is 9.72. The van der Waals surface area contributed by atoms with Gasteiger partial charge in [0.1, 0.15) is 11.5 Å². The molecule has 2 aliphatic rings. The smallest absolute Gasteiger partial charge is 0.336 e. The molecule has 0 saturated heterocycles. The third-order valence-corrected chi connectivity index (χ3v) is 7.36. The van der Waals surface area contributed by atoms with E-state index in [2.05, 4.69) is 6.92 Å². The van der Waals surface area contributed by atoms with E-state index in [1.165, 1.54) is 0 Å². The molecule has 1 unspecified atom stereocenters.